The summed E-state index contributed by atoms with van der Waals surface area (Å²) in [6, 6.07) is 15.9. The monoisotopic (exact) mass is 390 g/mol. The molecule has 4 nitrogen and oxygen atoms in total. The van der Waals surface area contributed by atoms with E-state index in [4.69, 9.17) is 0 Å². The fraction of sp³-hybridized carbons (Fsp3) is 0.217. The van der Waals surface area contributed by atoms with E-state index in [2.05, 4.69) is 10.6 Å². The molecule has 142 valence electrons. The van der Waals surface area contributed by atoms with Gasteiger partial charge in [-0.2, -0.15) is 0 Å². The molecule has 1 aliphatic heterocycles. The summed E-state index contributed by atoms with van der Waals surface area (Å²) in [5.74, 6) is -0.122. The average Bonchev–Trinajstić information content (AvgIpc) is 3.21. The predicted molar refractivity (Wildman–Crippen MR) is 115 cm³/mol. The highest BCUT2D eigenvalue weighted by atomic mass is 32.2. The number of amides is 2. The molecule has 0 unspecified atom stereocenters. The van der Waals surface area contributed by atoms with Crippen LogP contribution in [0.1, 0.15) is 36.8 Å². The number of carbonyl (C=O) groups is 2. The number of hydrogen-bond acceptors (Lipinski definition) is 3. The van der Waals surface area contributed by atoms with E-state index in [9.17, 15) is 9.59 Å². The molecule has 2 amide bonds. The first-order valence-electron chi connectivity index (χ1n) is 9.56. The largest absolute Gasteiger partial charge is 0.350 e. The molecule has 1 saturated carbocycles. The quantitative estimate of drug-likeness (QED) is 0.734. The van der Waals surface area contributed by atoms with Crippen molar-refractivity contribution in [1.29, 1.82) is 0 Å². The van der Waals surface area contributed by atoms with Gasteiger partial charge in [0.05, 0.1) is 10.6 Å². The molecule has 5 heteroatoms. The molecular formula is C23H22N2O2S. The van der Waals surface area contributed by atoms with Crippen LogP contribution in [0.3, 0.4) is 0 Å². The standard InChI is InChI=1S/C23H22N2O2S/c26-22(24-18-5-1-2-6-18)14-13-16-9-11-17(12-10-16)15-21-23(27)25-19-7-3-4-8-20(19)28-21/h3-4,7-15,18H,1-2,5-6H2,(H,24,26)(H,25,27)/b14-13+,21-15-. The Hall–Kier alpha value is -2.79. The number of anilines is 1. The first-order valence-corrected chi connectivity index (χ1v) is 10.4. The Bertz CT molecular complexity index is 941. The van der Waals surface area contributed by atoms with Gasteiger partial charge in [0.1, 0.15) is 0 Å². The third-order valence-corrected chi connectivity index (χ3v) is 6.04. The first kappa shape index (κ1) is 18.6. The Morgan fingerprint density at radius 1 is 1.04 bits per heavy atom. The number of thioether (sulfide) groups is 1. The highest BCUT2D eigenvalue weighted by Gasteiger charge is 2.20. The van der Waals surface area contributed by atoms with Gasteiger partial charge in [-0.15, -0.1) is 0 Å². The van der Waals surface area contributed by atoms with Crippen LogP contribution in [0, 0.1) is 0 Å². The molecule has 4 rings (SSSR count). The van der Waals surface area contributed by atoms with Gasteiger partial charge in [-0.1, -0.05) is 61.0 Å². The van der Waals surface area contributed by atoms with Crippen LogP contribution in [-0.4, -0.2) is 17.9 Å². The van der Waals surface area contributed by atoms with Crippen molar-refractivity contribution in [1.82, 2.24) is 5.32 Å². The van der Waals surface area contributed by atoms with Crippen molar-refractivity contribution in [3.8, 4) is 0 Å². The number of rotatable bonds is 4. The summed E-state index contributed by atoms with van der Waals surface area (Å²) in [5.41, 5.74) is 2.76. The van der Waals surface area contributed by atoms with Gasteiger partial charge in [-0.3, -0.25) is 9.59 Å². The molecule has 2 N–H and O–H groups in total. The number of benzene rings is 2. The Kier molecular flexibility index (Phi) is 5.63. The van der Waals surface area contributed by atoms with Crippen LogP contribution in [-0.2, 0) is 9.59 Å². The maximum Gasteiger partial charge on any atom is 0.262 e. The van der Waals surface area contributed by atoms with Crippen molar-refractivity contribution in [2.24, 2.45) is 0 Å². The van der Waals surface area contributed by atoms with E-state index in [1.54, 1.807) is 6.08 Å². The summed E-state index contributed by atoms with van der Waals surface area (Å²) < 4.78 is 0. The Balaban J connectivity index is 1.40. The molecule has 2 aliphatic rings. The number of nitrogens with one attached hydrogen (secondary N) is 2. The van der Waals surface area contributed by atoms with Crippen molar-refractivity contribution in [2.45, 2.75) is 36.6 Å². The fourth-order valence-electron chi connectivity index (χ4n) is 3.45. The molecule has 0 saturated heterocycles. The zero-order chi connectivity index (χ0) is 19.3. The number of fused-ring (bicyclic) bond motifs is 1. The van der Waals surface area contributed by atoms with Crippen molar-refractivity contribution in [2.75, 3.05) is 5.32 Å². The molecule has 1 fully saturated rings. The first-order chi connectivity index (χ1) is 13.7. The molecule has 0 bridgehead atoms. The lowest BCUT2D eigenvalue weighted by Crippen LogP contribution is -2.30. The SMILES string of the molecule is O=C(/C=C/c1ccc(/C=C2\Sc3ccccc3NC2=O)cc1)NC1CCCC1. The lowest BCUT2D eigenvalue weighted by Gasteiger charge is -2.18. The van der Waals surface area contributed by atoms with E-state index in [1.165, 1.54) is 24.6 Å². The van der Waals surface area contributed by atoms with E-state index >= 15 is 0 Å². The zero-order valence-corrected chi connectivity index (χ0v) is 16.3. The van der Waals surface area contributed by atoms with Crippen LogP contribution in [0.4, 0.5) is 5.69 Å². The van der Waals surface area contributed by atoms with Gasteiger partial charge < -0.3 is 10.6 Å². The highest BCUT2D eigenvalue weighted by Crippen LogP contribution is 2.38. The molecule has 0 atom stereocenters. The summed E-state index contributed by atoms with van der Waals surface area (Å²) in [7, 11) is 0. The minimum absolute atomic E-state index is 0.0352. The van der Waals surface area contributed by atoms with Gasteiger partial charge in [0.15, 0.2) is 0 Å². The van der Waals surface area contributed by atoms with Crippen molar-refractivity contribution in [3.05, 3.63) is 70.6 Å². The normalized spacial score (nSPS) is 18.3. The average molecular weight is 391 g/mol. The smallest absolute Gasteiger partial charge is 0.262 e. The second-order valence-electron chi connectivity index (χ2n) is 7.05. The molecule has 0 aromatic heterocycles. The van der Waals surface area contributed by atoms with Gasteiger partial charge in [-0.05, 0) is 48.3 Å². The third-order valence-electron chi connectivity index (χ3n) is 4.94. The van der Waals surface area contributed by atoms with Crippen LogP contribution in [0.5, 0.6) is 0 Å². The summed E-state index contributed by atoms with van der Waals surface area (Å²) in [5, 5.41) is 5.97. The number of carbonyl (C=O) groups excluding carboxylic acids is 2. The van der Waals surface area contributed by atoms with Gasteiger partial charge in [0.25, 0.3) is 5.91 Å². The fourth-order valence-corrected chi connectivity index (χ4v) is 4.40. The van der Waals surface area contributed by atoms with Gasteiger partial charge in [0, 0.05) is 17.0 Å². The van der Waals surface area contributed by atoms with Gasteiger partial charge >= 0.3 is 0 Å². The van der Waals surface area contributed by atoms with Crippen molar-refractivity contribution < 1.29 is 9.59 Å². The molecule has 2 aromatic carbocycles. The Labute approximate surface area is 169 Å². The van der Waals surface area contributed by atoms with E-state index in [-0.39, 0.29) is 11.8 Å². The Morgan fingerprint density at radius 2 is 1.75 bits per heavy atom. The summed E-state index contributed by atoms with van der Waals surface area (Å²) in [6.45, 7) is 0. The third kappa shape index (κ3) is 4.54. The van der Waals surface area contributed by atoms with Gasteiger partial charge in [-0.25, -0.2) is 0 Å². The van der Waals surface area contributed by atoms with E-state index in [1.807, 2.05) is 60.7 Å². The Morgan fingerprint density at radius 3 is 2.54 bits per heavy atom. The topological polar surface area (TPSA) is 58.2 Å². The highest BCUT2D eigenvalue weighted by molar-refractivity contribution is 8.04. The second kappa shape index (κ2) is 8.48. The summed E-state index contributed by atoms with van der Waals surface area (Å²) in [4.78, 5) is 26.0. The maximum absolute atomic E-state index is 12.3. The van der Waals surface area contributed by atoms with Crippen LogP contribution >= 0.6 is 11.8 Å². The van der Waals surface area contributed by atoms with Crippen molar-refractivity contribution >= 4 is 41.4 Å². The summed E-state index contributed by atoms with van der Waals surface area (Å²) in [6.07, 6.45) is 9.86. The van der Waals surface area contributed by atoms with Crippen LogP contribution < -0.4 is 10.6 Å². The molecule has 0 radical (unpaired) electrons. The van der Waals surface area contributed by atoms with Crippen molar-refractivity contribution in [3.63, 3.8) is 0 Å². The van der Waals surface area contributed by atoms with Crippen LogP contribution in [0.2, 0.25) is 0 Å². The lowest BCUT2D eigenvalue weighted by atomic mass is 10.1. The van der Waals surface area contributed by atoms with Crippen LogP contribution in [0.15, 0.2) is 64.4 Å². The second-order valence-corrected chi connectivity index (χ2v) is 8.13. The summed E-state index contributed by atoms with van der Waals surface area (Å²) >= 11 is 1.48. The molecule has 0 spiro atoms. The van der Waals surface area contributed by atoms with Crippen LogP contribution in [0.25, 0.3) is 12.2 Å². The lowest BCUT2D eigenvalue weighted by molar-refractivity contribution is -0.117. The molecule has 1 heterocycles. The molecule has 28 heavy (non-hydrogen) atoms. The molecule has 1 aliphatic carbocycles. The maximum atomic E-state index is 12.3. The van der Waals surface area contributed by atoms with E-state index < -0.39 is 0 Å². The number of para-hydroxylation sites is 1. The minimum Gasteiger partial charge on any atom is -0.350 e. The minimum atomic E-state index is -0.0868. The molecule has 2 aromatic rings. The predicted octanol–water partition coefficient (Wildman–Crippen LogP) is 4.84. The zero-order valence-electron chi connectivity index (χ0n) is 15.5. The van der Waals surface area contributed by atoms with E-state index in [0.717, 1.165) is 34.6 Å². The number of hydrogen-bond donors (Lipinski definition) is 2. The van der Waals surface area contributed by atoms with E-state index in [0.29, 0.717) is 10.9 Å². The van der Waals surface area contributed by atoms with Gasteiger partial charge in [0.2, 0.25) is 5.91 Å². The molecular weight excluding hydrogens is 368 g/mol.